The number of aliphatic hydroxyl groups excluding tert-OH is 1. The highest BCUT2D eigenvalue weighted by molar-refractivity contribution is 5.68. The normalized spacial score (nSPS) is 15.0. The molecule has 5 nitrogen and oxygen atoms in total. The molecule has 26 heavy (non-hydrogen) atoms. The van der Waals surface area contributed by atoms with Crippen LogP contribution < -0.4 is 5.32 Å². The minimum Gasteiger partial charge on any atom is -0.444 e. The monoisotopic (exact) mass is 362 g/mol. The van der Waals surface area contributed by atoms with Crippen LogP contribution in [-0.4, -0.2) is 35.2 Å². The lowest BCUT2D eigenvalue weighted by atomic mass is 9.91. The number of ether oxygens (including phenoxy) is 1. The van der Waals surface area contributed by atoms with Crippen molar-refractivity contribution in [3.8, 4) is 0 Å². The molecule has 1 amide bonds. The first-order valence-electron chi connectivity index (χ1n) is 9.34. The lowest BCUT2D eigenvalue weighted by Crippen LogP contribution is -2.47. The van der Waals surface area contributed by atoms with Crippen LogP contribution in [0.25, 0.3) is 0 Å². The summed E-state index contributed by atoms with van der Waals surface area (Å²) in [6, 6.07) is 9.08. The molecule has 1 aromatic carbocycles. The predicted octanol–water partition coefficient (Wildman–Crippen LogP) is 3.79. The smallest absolute Gasteiger partial charge is 0.407 e. The van der Waals surface area contributed by atoms with Crippen molar-refractivity contribution in [2.45, 2.75) is 77.5 Å². The van der Waals surface area contributed by atoms with Crippen LogP contribution in [0.4, 0.5) is 4.79 Å². The van der Waals surface area contributed by atoms with E-state index in [9.17, 15) is 14.7 Å². The first-order chi connectivity index (χ1) is 12.2. The molecule has 1 radical (unpaired) electrons. The second-order valence-corrected chi connectivity index (χ2v) is 7.70. The van der Waals surface area contributed by atoms with E-state index >= 15 is 0 Å². The topological polar surface area (TPSA) is 75.6 Å². The fourth-order valence-electron chi connectivity index (χ4n) is 2.74. The molecule has 0 unspecified atom stereocenters. The molecule has 1 rings (SSSR count). The number of amides is 1. The van der Waals surface area contributed by atoms with Crippen LogP contribution >= 0.6 is 0 Å². The molecule has 0 fully saturated rings. The van der Waals surface area contributed by atoms with Gasteiger partial charge < -0.3 is 15.2 Å². The maximum atomic E-state index is 12.2. The molecule has 145 valence electrons. The van der Waals surface area contributed by atoms with E-state index in [2.05, 4.69) is 12.2 Å². The Hall–Kier alpha value is -1.88. The molecule has 0 aliphatic carbocycles. The minimum atomic E-state index is -0.856. The van der Waals surface area contributed by atoms with Crippen molar-refractivity contribution >= 4 is 12.4 Å². The maximum absolute atomic E-state index is 12.2. The number of nitrogens with one attached hydrogen (secondary N) is 1. The Morgan fingerprint density at radius 2 is 1.92 bits per heavy atom. The van der Waals surface area contributed by atoms with Gasteiger partial charge in [0.1, 0.15) is 5.60 Å². The number of hydrogen-bond donors (Lipinski definition) is 2. The van der Waals surface area contributed by atoms with Gasteiger partial charge in [0.05, 0.1) is 12.1 Å². The third kappa shape index (κ3) is 8.99. The van der Waals surface area contributed by atoms with Gasteiger partial charge in [0, 0.05) is 5.92 Å². The first-order valence-corrected chi connectivity index (χ1v) is 9.34. The van der Waals surface area contributed by atoms with Crippen LogP contribution in [0.5, 0.6) is 0 Å². The summed E-state index contributed by atoms with van der Waals surface area (Å²) in [7, 11) is 0. The van der Waals surface area contributed by atoms with Crippen molar-refractivity contribution in [2.75, 3.05) is 0 Å². The van der Waals surface area contributed by atoms with Gasteiger partial charge in [0.2, 0.25) is 6.29 Å². The van der Waals surface area contributed by atoms with Crippen molar-refractivity contribution in [1.82, 2.24) is 5.32 Å². The molecule has 3 atom stereocenters. The molecule has 0 aliphatic rings. The van der Waals surface area contributed by atoms with Crippen LogP contribution in [0.2, 0.25) is 0 Å². The Balaban J connectivity index is 2.81. The standard InChI is InChI=1S/C21H32NO4/c1-5-6-10-17(15-23)14-19(24)18(13-16-11-8-7-9-12-16)22-20(25)26-21(2,3)4/h7-9,11-12,17-19,24H,5-6,10,13-14H2,1-4H3,(H,22,25)/t17-,18+,19+/m1/s1. The summed E-state index contributed by atoms with van der Waals surface area (Å²) in [6.45, 7) is 7.42. The van der Waals surface area contributed by atoms with Gasteiger partial charge in [-0.25, -0.2) is 4.79 Å². The zero-order valence-electron chi connectivity index (χ0n) is 16.3. The van der Waals surface area contributed by atoms with Crippen molar-refractivity contribution < 1.29 is 19.4 Å². The summed E-state index contributed by atoms with van der Waals surface area (Å²) in [5.74, 6) is -0.330. The molecule has 0 spiro atoms. The van der Waals surface area contributed by atoms with Crippen LogP contribution in [0.1, 0.15) is 58.9 Å². The second kappa shape index (κ2) is 11.0. The van der Waals surface area contributed by atoms with E-state index in [1.54, 1.807) is 20.8 Å². The molecular formula is C21H32NO4. The summed E-state index contributed by atoms with van der Waals surface area (Å²) in [6.07, 6.45) is 3.92. The third-order valence-corrected chi connectivity index (χ3v) is 4.06. The molecule has 0 bridgehead atoms. The van der Waals surface area contributed by atoms with E-state index in [1.165, 1.54) is 0 Å². The van der Waals surface area contributed by atoms with E-state index in [4.69, 9.17) is 4.74 Å². The SMILES string of the molecule is CCCC[C@@H]([C]=O)C[C@H](O)[C@H](Cc1ccccc1)NC(=O)OC(C)(C)C. The summed E-state index contributed by atoms with van der Waals surface area (Å²) in [4.78, 5) is 23.4. The quantitative estimate of drug-likeness (QED) is 0.664. The molecule has 2 N–H and O–H groups in total. The van der Waals surface area contributed by atoms with E-state index in [1.807, 2.05) is 36.6 Å². The Morgan fingerprint density at radius 1 is 1.27 bits per heavy atom. The molecule has 0 saturated carbocycles. The van der Waals surface area contributed by atoms with Gasteiger partial charge in [-0.3, -0.25) is 4.79 Å². The number of hydrogen-bond acceptors (Lipinski definition) is 4. The summed E-state index contributed by atoms with van der Waals surface area (Å²) in [5.41, 5.74) is 0.375. The van der Waals surface area contributed by atoms with Gasteiger partial charge >= 0.3 is 6.09 Å². The fraction of sp³-hybridized carbons (Fsp3) is 0.619. The number of benzene rings is 1. The molecule has 0 aliphatic heterocycles. The minimum absolute atomic E-state index is 0.275. The van der Waals surface area contributed by atoms with E-state index in [-0.39, 0.29) is 12.3 Å². The van der Waals surface area contributed by atoms with Crippen LogP contribution in [0.3, 0.4) is 0 Å². The van der Waals surface area contributed by atoms with E-state index < -0.39 is 23.8 Å². The third-order valence-electron chi connectivity index (χ3n) is 4.06. The van der Waals surface area contributed by atoms with Gasteiger partial charge in [-0.05, 0) is 45.6 Å². The van der Waals surface area contributed by atoms with Crippen LogP contribution in [-0.2, 0) is 16.0 Å². The predicted molar refractivity (Wildman–Crippen MR) is 103 cm³/mol. The van der Waals surface area contributed by atoms with E-state index in [0.29, 0.717) is 12.8 Å². The average molecular weight is 362 g/mol. The van der Waals surface area contributed by atoms with Crippen LogP contribution in [0.15, 0.2) is 30.3 Å². The van der Waals surface area contributed by atoms with Crippen molar-refractivity contribution in [1.29, 1.82) is 0 Å². The average Bonchev–Trinajstić information content (AvgIpc) is 2.57. The lowest BCUT2D eigenvalue weighted by Gasteiger charge is -2.28. The number of alkyl carbamates (subject to hydrolysis) is 1. The first kappa shape index (κ1) is 22.2. The molecule has 1 aromatic rings. The highest BCUT2D eigenvalue weighted by Gasteiger charge is 2.27. The van der Waals surface area contributed by atoms with Crippen molar-refractivity contribution in [3.05, 3.63) is 35.9 Å². The maximum Gasteiger partial charge on any atom is 0.407 e. The highest BCUT2D eigenvalue weighted by atomic mass is 16.6. The molecule has 5 heteroatoms. The Kier molecular flexibility index (Phi) is 9.35. The van der Waals surface area contributed by atoms with Gasteiger partial charge in [0.25, 0.3) is 0 Å². The Bertz CT molecular complexity index is 539. The highest BCUT2D eigenvalue weighted by Crippen LogP contribution is 2.18. The summed E-state index contributed by atoms with van der Waals surface area (Å²) >= 11 is 0. The number of carbonyl (C=O) groups is 1. The number of carbonyl (C=O) groups excluding carboxylic acids is 2. The largest absolute Gasteiger partial charge is 0.444 e. The van der Waals surface area contributed by atoms with E-state index in [0.717, 1.165) is 18.4 Å². The van der Waals surface area contributed by atoms with Gasteiger partial charge in [-0.15, -0.1) is 0 Å². The van der Waals surface area contributed by atoms with Gasteiger partial charge in [-0.2, -0.15) is 0 Å². The second-order valence-electron chi connectivity index (χ2n) is 7.70. The lowest BCUT2D eigenvalue weighted by molar-refractivity contribution is 0.0402. The zero-order valence-corrected chi connectivity index (χ0v) is 16.3. The molecule has 0 aromatic heterocycles. The molecular weight excluding hydrogens is 330 g/mol. The Morgan fingerprint density at radius 3 is 2.46 bits per heavy atom. The molecule has 0 saturated heterocycles. The van der Waals surface area contributed by atoms with Crippen molar-refractivity contribution in [3.63, 3.8) is 0 Å². The summed E-state index contributed by atoms with van der Waals surface area (Å²) in [5, 5.41) is 13.4. The van der Waals surface area contributed by atoms with Gasteiger partial charge in [-0.1, -0.05) is 50.1 Å². The fourth-order valence-corrected chi connectivity index (χ4v) is 2.74. The number of rotatable bonds is 10. The Labute approximate surface area is 157 Å². The number of unbranched alkanes of at least 4 members (excludes halogenated alkanes) is 1. The van der Waals surface area contributed by atoms with Crippen LogP contribution in [0, 0.1) is 5.92 Å². The zero-order chi connectivity index (χ0) is 19.6. The van der Waals surface area contributed by atoms with Gasteiger partial charge in [0.15, 0.2) is 0 Å². The summed E-state index contributed by atoms with van der Waals surface area (Å²) < 4.78 is 5.31. The van der Waals surface area contributed by atoms with Crippen molar-refractivity contribution in [2.24, 2.45) is 5.92 Å². The number of aliphatic hydroxyl groups is 1. The molecule has 0 heterocycles.